The van der Waals surface area contributed by atoms with Gasteiger partial charge in [0.1, 0.15) is 23.4 Å². The highest BCUT2D eigenvalue weighted by Crippen LogP contribution is 2.51. The van der Waals surface area contributed by atoms with E-state index >= 15 is 0 Å². The number of carbonyl (C=O) groups excluding carboxylic acids is 2. The highest BCUT2D eigenvalue weighted by Gasteiger charge is 2.63. The molecule has 4 heterocycles. The predicted molar refractivity (Wildman–Crippen MR) is 186 cm³/mol. The molecule has 0 radical (unpaired) electrons. The number of carbonyl (C=O) groups is 4. The number of pyridine rings is 2. The number of terminal acetylenes is 1. The lowest BCUT2D eigenvalue weighted by molar-refractivity contribution is -0.163. The van der Waals surface area contributed by atoms with Crippen LogP contribution in [0.3, 0.4) is 0 Å². The Balaban J connectivity index is 1.76. The summed E-state index contributed by atoms with van der Waals surface area (Å²) in [6, 6.07) is 6.71. The summed E-state index contributed by atoms with van der Waals surface area (Å²) in [6.07, 6.45) is 2.43. The van der Waals surface area contributed by atoms with E-state index in [0.29, 0.717) is 23.3 Å². The topological polar surface area (TPSA) is 178 Å². The Morgan fingerprint density at radius 3 is 2.39 bits per heavy atom. The maximum atomic E-state index is 14.4. The molecule has 2 aromatic heterocycles. The van der Waals surface area contributed by atoms with Crippen molar-refractivity contribution in [3.05, 3.63) is 56.9 Å². The zero-order chi connectivity index (χ0) is 37.6. The molecule has 2 aliphatic rings. The quantitative estimate of drug-likeness (QED) is 0.130. The first-order chi connectivity index (χ1) is 24.0. The van der Waals surface area contributed by atoms with Gasteiger partial charge in [0.05, 0.1) is 34.6 Å². The average molecular weight is 703 g/mol. The molecule has 0 spiro atoms. The van der Waals surface area contributed by atoms with Crippen LogP contribution in [0.5, 0.6) is 5.75 Å². The number of esters is 1. The first-order valence-corrected chi connectivity index (χ1v) is 16.6. The molecule has 51 heavy (non-hydrogen) atoms. The molecule has 0 fully saturated rings. The molecule has 14 heteroatoms. The first-order valence-electron chi connectivity index (χ1n) is 16.6. The number of hydrogen-bond acceptors (Lipinski definition) is 9. The van der Waals surface area contributed by atoms with Gasteiger partial charge < -0.3 is 38.8 Å². The molecule has 0 saturated heterocycles. The van der Waals surface area contributed by atoms with Crippen molar-refractivity contribution in [2.24, 2.45) is 0 Å². The normalized spacial score (nSPS) is 17.3. The Kier molecular flexibility index (Phi) is 9.55. The number of ether oxygens (including phenoxy) is 3. The van der Waals surface area contributed by atoms with Gasteiger partial charge in [-0.05, 0) is 75.4 Å². The summed E-state index contributed by atoms with van der Waals surface area (Å²) in [7, 11) is 2.55. The maximum absolute atomic E-state index is 14.4. The number of cyclic esters (lactones) is 1. The third-order valence-corrected chi connectivity index (χ3v) is 10.00. The second kappa shape index (κ2) is 13.3. The molecule has 2 unspecified atom stereocenters. The SMILES string of the molecule is C#CCCC(CN(C)C(=O)O)(N(C)C(=O)O)C1(CC)C(=O)OCc2c1cc1n(c2=O)Cc2c-1nc1ccc(OC(=O)OC(C)(C)C)cc1c2CC. The van der Waals surface area contributed by atoms with Crippen LogP contribution in [-0.4, -0.2) is 85.7 Å². The average Bonchev–Trinajstić information content (AvgIpc) is 3.42. The summed E-state index contributed by atoms with van der Waals surface area (Å²) in [6.45, 7) is 8.19. The zero-order valence-corrected chi connectivity index (χ0v) is 29.8. The monoisotopic (exact) mass is 702 g/mol. The molecule has 2 aliphatic heterocycles. The number of nitrogens with zero attached hydrogens (tertiary/aromatic N) is 4. The van der Waals surface area contributed by atoms with Gasteiger partial charge in [0.15, 0.2) is 0 Å². The van der Waals surface area contributed by atoms with E-state index in [1.165, 1.54) is 14.1 Å². The van der Waals surface area contributed by atoms with E-state index in [4.69, 9.17) is 25.6 Å². The molecular weight excluding hydrogens is 660 g/mol. The molecule has 2 amide bonds. The lowest BCUT2D eigenvalue weighted by Crippen LogP contribution is -2.71. The van der Waals surface area contributed by atoms with E-state index < -0.39 is 53.0 Å². The molecule has 0 saturated carbocycles. The predicted octanol–water partition coefficient (Wildman–Crippen LogP) is 5.38. The van der Waals surface area contributed by atoms with Gasteiger partial charge in [-0.2, -0.15) is 0 Å². The molecule has 5 rings (SSSR count). The number of rotatable bonds is 9. The number of likely N-dealkylation sites (N-methyl/N-ethyl adjacent to an activating group) is 2. The van der Waals surface area contributed by atoms with E-state index in [-0.39, 0.29) is 49.3 Å². The van der Waals surface area contributed by atoms with Gasteiger partial charge in [-0.1, -0.05) is 13.8 Å². The van der Waals surface area contributed by atoms with Gasteiger partial charge >= 0.3 is 24.3 Å². The molecule has 0 bridgehead atoms. The van der Waals surface area contributed by atoms with Crippen LogP contribution >= 0.6 is 0 Å². The fraction of sp³-hybridized carbons (Fsp3) is 0.459. The minimum atomic E-state index is -1.84. The van der Waals surface area contributed by atoms with Crippen molar-refractivity contribution in [3.8, 4) is 29.5 Å². The Morgan fingerprint density at radius 1 is 1.10 bits per heavy atom. The van der Waals surface area contributed by atoms with E-state index in [1.54, 1.807) is 56.5 Å². The second-order valence-corrected chi connectivity index (χ2v) is 13.9. The van der Waals surface area contributed by atoms with Crippen molar-refractivity contribution in [1.82, 2.24) is 19.4 Å². The van der Waals surface area contributed by atoms with Gasteiger partial charge in [-0.25, -0.2) is 19.4 Å². The molecule has 0 aliphatic carbocycles. The molecule has 2 N–H and O–H groups in total. The third kappa shape index (κ3) is 6.00. The minimum absolute atomic E-state index is 0.00473. The molecule has 3 aromatic rings. The van der Waals surface area contributed by atoms with Crippen LogP contribution in [0.1, 0.15) is 76.1 Å². The van der Waals surface area contributed by atoms with Gasteiger partial charge in [-0.15, -0.1) is 12.3 Å². The summed E-state index contributed by atoms with van der Waals surface area (Å²) in [5.74, 6) is 1.98. The number of aromatic nitrogens is 2. The Hall–Kier alpha value is -5.58. The minimum Gasteiger partial charge on any atom is -0.465 e. The highest BCUT2D eigenvalue weighted by atomic mass is 16.7. The fourth-order valence-electron chi connectivity index (χ4n) is 7.67. The van der Waals surface area contributed by atoms with Gasteiger partial charge in [-0.3, -0.25) is 9.59 Å². The van der Waals surface area contributed by atoms with E-state index in [2.05, 4.69) is 5.92 Å². The number of carboxylic acid groups (broad SMARTS) is 2. The Labute approximate surface area is 294 Å². The summed E-state index contributed by atoms with van der Waals surface area (Å²) in [5.41, 5.74) is -1.29. The maximum Gasteiger partial charge on any atom is 0.514 e. The fourth-order valence-corrected chi connectivity index (χ4v) is 7.67. The summed E-state index contributed by atoms with van der Waals surface area (Å²) in [5, 5.41) is 21.1. The van der Waals surface area contributed by atoms with Crippen LogP contribution in [0.2, 0.25) is 0 Å². The molecule has 1 aromatic carbocycles. The summed E-state index contributed by atoms with van der Waals surface area (Å²) >= 11 is 0. The van der Waals surface area contributed by atoms with Gasteiger partial charge in [0.2, 0.25) is 0 Å². The Morgan fingerprint density at radius 2 is 1.80 bits per heavy atom. The molecule has 2 atom stereocenters. The van der Waals surface area contributed by atoms with Crippen LogP contribution in [0.25, 0.3) is 22.3 Å². The van der Waals surface area contributed by atoms with Crippen molar-refractivity contribution >= 4 is 35.2 Å². The second-order valence-electron chi connectivity index (χ2n) is 13.9. The van der Waals surface area contributed by atoms with E-state index in [1.807, 2.05) is 6.92 Å². The molecular formula is C37H42N4O10. The summed E-state index contributed by atoms with van der Waals surface area (Å²) in [4.78, 5) is 72.9. The van der Waals surface area contributed by atoms with Gasteiger partial charge in [0, 0.05) is 38.0 Å². The van der Waals surface area contributed by atoms with Crippen LogP contribution in [0, 0.1) is 12.3 Å². The largest absolute Gasteiger partial charge is 0.514 e. The van der Waals surface area contributed by atoms with Crippen LogP contribution in [0.4, 0.5) is 14.4 Å². The Bertz CT molecular complexity index is 2060. The standard InChI is InChI=1S/C37H42N4O10/c1-9-12-15-36(40(8)33(46)47,20-39(7)32(44)45)37(11-3)26-17-28-29-24(18-41(28)30(42)25(26)19-49-31(37)43)22(10-2)23-16-21(13-14-27(23)38-29)50-34(48)51-35(4,5)6/h1,13-14,16-17H,10-12,15,18-20H2,2-8H3,(H,44,45)(H,46,47). The third-order valence-electron chi connectivity index (χ3n) is 10.00. The molecule has 14 nitrogen and oxygen atoms in total. The van der Waals surface area contributed by atoms with Crippen molar-refractivity contribution in [2.75, 3.05) is 20.6 Å². The smallest absolute Gasteiger partial charge is 0.465 e. The van der Waals surface area contributed by atoms with Crippen molar-refractivity contribution in [1.29, 1.82) is 0 Å². The van der Waals surface area contributed by atoms with Gasteiger partial charge in [0.25, 0.3) is 5.56 Å². The first kappa shape index (κ1) is 36.7. The van der Waals surface area contributed by atoms with Crippen molar-refractivity contribution in [2.45, 2.75) is 90.0 Å². The lowest BCUT2D eigenvalue weighted by Gasteiger charge is -2.55. The number of hydrogen-bond donors (Lipinski definition) is 2. The van der Waals surface area contributed by atoms with Crippen molar-refractivity contribution in [3.63, 3.8) is 0 Å². The lowest BCUT2D eigenvalue weighted by atomic mass is 9.59. The summed E-state index contributed by atoms with van der Waals surface area (Å²) < 4.78 is 18.0. The zero-order valence-electron chi connectivity index (χ0n) is 29.8. The van der Waals surface area contributed by atoms with Crippen LogP contribution in [0.15, 0.2) is 29.1 Å². The number of benzene rings is 1. The van der Waals surface area contributed by atoms with Crippen LogP contribution in [-0.2, 0) is 39.3 Å². The van der Waals surface area contributed by atoms with Crippen LogP contribution < -0.4 is 10.3 Å². The molecule has 270 valence electrons. The van der Waals surface area contributed by atoms with E-state index in [9.17, 15) is 34.2 Å². The number of fused-ring (bicyclic) bond motifs is 5. The highest BCUT2D eigenvalue weighted by molar-refractivity contribution is 5.92. The van der Waals surface area contributed by atoms with Crippen molar-refractivity contribution < 1.29 is 43.6 Å². The number of aryl methyl sites for hydroxylation is 1. The number of amides is 2. The van der Waals surface area contributed by atoms with E-state index in [0.717, 1.165) is 26.3 Å².